The number of rotatable bonds is 3. The molecule has 4 N–H and O–H groups in total. The van der Waals surface area contributed by atoms with Gasteiger partial charge in [0.2, 0.25) is 0 Å². The number of aromatic hydroxyl groups is 1. The zero-order valence-electron chi connectivity index (χ0n) is 10.9. The van der Waals surface area contributed by atoms with Crippen molar-refractivity contribution in [2.45, 2.75) is 32.9 Å². The van der Waals surface area contributed by atoms with Gasteiger partial charge in [-0.25, -0.2) is 0 Å². The summed E-state index contributed by atoms with van der Waals surface area (Å²) in [6.45, 7) is 5.38. The molecule has 0 aromatic heterocycles. The van der Waals surface area contributed by atoms with Crippen LogP contribution >= 0.6 is 15.9 Å². The molecule has 19 heavy (non-hydrogen) atoms. The number of nitrogens with two attached hydrogens (primary N) is 1. The fraction of sp³-hybridized carbons (Fsp3) is 0.500. The normalized spacial score (nSPS) is 15.1. The minimum Gasteiger partial charge on any atom is -0.506 e. The van der Waals surface area contributed by atoms with E-state index in [9.17, 15) is 20.3 Å². The molecule has 1 rings (SSSR count). The van der Waals surface area contributed by atoms with Crippen LogP contribution in [0.15, 0.2) is 16.6 Å². The van der Waals surface area contributed by atoms with Crippen molar-refractivity contribution in [3.05, 3.63) is 32.3 Å². The fourth-order valence-corrected chi connectivity index (χ4v) is 2.14. The molecule has 7 heteroatoms. The predicted molar refractivity (Wildman–Crippen MR) is 74.9 cm³/mol. The summed E-state index contributed by atoms with van der Waals surface area (Å²) in [5.41, 5.74) is 5.34. The zero-order valence-corrected chi connectivity index (χ0v) is 12.5. The first-order valence-electron chi connectivity index (χ1n) is 5.66. The number of nitro groups is 1. The van der Waals surface area contributed by atoms with Crippen molar-refractivity contribution in [2.24, 2.45) is 11.1 Å². The lowest BCUT2D eigenvalue weighted by Crippen LogP contribution is -2.37. The summed E-state index contributed by atoms with van der Waals surface area (Å²) in [5, 5.41) is 30.9. The van der Waals surface area contributed by atoms with Gasteiger partial charge in [0.1, 0.15) is 5.75 Å². The molecule has 0 saturated carbocycles. The summed E-state index contributed by atoms with van der Waals surface area (Å²) in [4.78, 5) is 10.2. The highest BCUT2D eigenvalue weighted by atomic mass is 79.9. The first-order chi connectivity index (χ1) is 8.55. The van der Waals surface area contributed by atoms with E-state index >= 15 is 0 Å². The quantitative estimate of drug-likeness (QED) is 0.581. The van der Waals surface area contributed by atoms with Crippen molar-refractivity contribution < 1.29 is 15.1 Å². The Morgan fingerprint density at radius 3 is 2.37 bits per heavy atom. The lowest BCUT2D eigenvalue weighted by Gasteiger charge is -2.31. The van der Waals surface area contributed by atoms with E-state index in [-0.39, 0.29) is 21.5 Å². The second kappa shape index (κ2) is 5.44. The van der Waals surface area contributed by atoms with Gasteiger partial charge < -0.3 is 15.9 Å². The highest BCUT2D eigenvalue weighted by Gasteiger charge is 2.32. The van der Waals surface area contributed by atoms with Crippen molar-refractivity contribution in [3.8, 4) is 5.75 Å². The molecular weight excluding hydrogens is 316 g/mol. The second-order valence-corrected chi connectivity index (χ2v) is 6.31. The average Bonchev–Trinajstić information content (AvgIpc) is 2.29. The summed E-state index contributed by atoms with van der Waals surface area (Å²) in [6.07, 6.45) is -0.952. The predicted octanol–water partition coefficient (Wildman–Crippen LogP) is 2.47. The molecule has 106 valence electrons. The third-order valence-electron chi connectivity index (χ3n) is 2.88. The van der Waals surface area contributed by atoms with Crippen LogP contribution in [0.3, 0.4) is 0 Å². The van der Waals surface area contributed by atoms with E-state index < -0.39 is 22.5 Å². The van der Waals surface area contributed by atoms with Gasteiger partial charge in [-0.05, 0) is 21.3 Å². The molecule has 0 saturated heterocycles. The van der Waals surface area contributed by atoms with Crippen LogP contribution in [0.1, 0.15) is 32.4 Å². The number of hydrogen-bond acceptors (Lipinski definition) is 5. The fourth-order valence-electron chi connectivity index (χ4n) is 1.67. The average molecular weight is 333 g/mol. The molecule has 1 aromatic carbocycles. The molecule has 0 bridgehead atoms. The lowest BCUT2D eigenvalue weighted by molar-refractivity contribution is -0.385. The number of benzene rings is 1. The third-order valence-corrected chi connectivity index (χ3v) is 3.48. The van der Waals surface area contributed by atoms with Gasteiger partial charge in [-0.1, -0.05) is 20.8 Å². The molecule has 0 spiro atoms. The number of nitro benzene ring substituents is 1. The van der Waals surface area contributed by atoms with Gasteiger partial charge in [-0.2, -0.15) is 0 Å². The molecule has 0 radical (unpaired) electrons. The standard InChI is InChI=1S/C12H17BrN2O4/c1-12(2,3)11(17)9(14)7-4-6(15(18)19)5-8(13)10(7)16/h4-5,9,11,16-17H,14H2,1-3H3/t9-,11-/m1/s1. The van der Waals surface area contributed by atoms with Crippen LogP contribution < -0.4 is 5.73 Å². The van der Waals surface area contributed by atoms with Crippen molar-refractivity contribution in [1.29, 1.82) is 0 Å². The van der Waals surface area contributed by atoms with E-state index in [2.05, 4.69) is 15.9 Å². The van der Waals surface area contributed by atoms with E-state index in [1.165, 1.54) is 12.1 Å². The molecule has 0 unspecified atom stereocenters. The Kier molecular flexibility index (Phi) is 4.54. The number of aliphatic hydroxyl groups is 1. The molecular formula is C12H17BrN2O4. The molecule has 1 aromatic rings. The maximum atomic E-state index is 10.8. The first kappa shape index (κ1) is 15.9. The van der Waals surface area contributed by atoms with Gasteiger partial charge in [0.05, 0.1) is 21.5 Å². The third kappa shape index (κ3) is 3.43. The van der Waals surface area contributed by atoms with E-state index in [0.29, 0.717) is 0 Å². The summed E-state index contributed by atoms with van der Waals surface area (Å²) in [7, 11) is 0. The summed E-state index contributed by atoms with van der Waals surface area (Å²) in [6, 6.07) is 1.45. The number of hydrogen-bond donors (Lipinski definition) is 3. The van der Waals surface area contributed by atoms with E-state index in [1.807, 2.05) is 0 Å². The Labute approximate surface area is 119 Å². The number of halogens is 1. The van der Waals surface area contributed by atoms with Crippen LogP contribution in [0.5, 0.6) is 5.75 Å². The van der Waals surface area contributed by atoms with Gasteiger partial charge in [-0.3, -0.25) is 10.1 Å². The SMILES string of the molecule is CC(C)(C)[C@H](O)[C@H](N)c1cc([N+](=O)[O-])cc(Br)c1O. The van der Waals surface area contributed by atoms with E-state index in [1.54, 1.807) is 20.8 Å². The Morgan fingerprint density at radius 2 is 1.95 bits per heavy atom. The summed E-state index contributed by atoms with van der Waals surface area (Å²) < 4.78 is 0.174. The lowest BCUT2D eigenvalue weighted by atomic mass is 9.82. The molecule has 0 fully saturated rings. The summed E-state index contributed by atoms with van der Waals surface area (Å²) >= 11 is 3.04. The van der Waals surface area contributed by atoms with Crippen LogP contribution in [-0.4, -0.2) is 21.2 Å². The first-order valence-corrected chi connectivity index (χ1v) is 6.45. The Morgan fingerprint density at radius 1 is 1.42 bits per heavy atom. The van der Waals surface area contributed by atoms with Crippen molar-refractivity contribution >= 4 is 21.6 Å². The van der Waals surface area contributed by atoms with Crippen LogP contribution in [0.2, 0.25) is 0 Å². The summed E-state index contributed by atoms with van der Waals surface area (Å²) in [5.74, 6) is -0.193. The van der Waals surface area contributed by atoms with Crippen LogP contribution in [0, 0.1) is 15.5 Å². The number of nitrogens with zero attached hydrogens (tertiary/aromatic N) is 1. The van der Waals surface area contributed by atoms with Crippen molar-refractivity contribution in [3.63, 3.8) is 0 Å². The molecule has 2 atom stereocenters. The molecule has 0 aliphatic rings. The Hall–Kier alpha value is -1.18. The molecule has 0 aliphatic carbocycles. The number of non-ortho nitro benzene ring substituents is 1. The maximum absolute atomic E-state index is 10.8. The van der Waals surface area contributed by atoms with E-state index in [4.69, 9.17) is 5.73 Å². The molecule has 0 amide bonds. The van der Waals surface area contributed by atoms with Gasteiger partial charge in [0.15, 0.2) is 0 Å². The number of phenols is 1. The monoisotopic (exact) mass is 332 g/mol. The topological polar surface area (TPSA) is 110 Å². The van der Waals surface area contributed by atoms with Crippen molar-refractivity contribution in [2.75, 3.05) is 0 Å². The van der Waals surface area contributed by atoms with Gasteiger partial charge in [-0.15, -0.1) is 0 Å². The number of phenolic OH excluding ortho intramolecular Hbond substituents is 1. The molecule has 0 aliphatic heterocycles. The zero-order chi connectivity index (χ0) is 15.0. The Bertz CT molecular complexity index is 499. The Balaban J connectivity index is 3.30. The number of aliphatic hydroxyl groups excluding tert-OH is 1. The van der Waals surface area contributed by atoms with Crippen LogP contribution in [0.25, 0.3) is 0 Å². The highest BCUT2D eigenvalue weighted by molar-refractivity contribution is 9.10. The van der Waals surface area contributed by atoms with Crippen molar-refractivity contribution in [1.82, 2.24) is 0 Å². The van der Waals surface area contributed by atoms with Gasteiger partial charge in [0.25, 0.3) is 5.69 Å². The second-order valence-electron chi connectivity index (χ2n) is 5.46. The smallest absolute Gasteiger partial charge is 0.271 e. The minimum absolute atomic E-state index is 0.142. The molecule has 0 heterocycles. The van der Waals surface area contributed by atoms with Crippen LogP contribution in [-0.2, 0) is 0 Å². The minimum atomic E-state index is -0.952. The highest BCUT2D eigenvalue weighted by Crippen LogP contribution is 2.38. The maximum Gasteiger partial charge on any atom is 0.271 e. The molecule has 6 nitrogen and oxygen atoms in total. The van der Waals surface area contributed by atoms with Gasteiger partial charge >= 0.3 is 0 Å². The van der Waals surface area contributed by atoms with Crippen LogP contribution in [0.4, 0.5) is 5.69 Å². The van der Waals surface area contributed by atoms with E-state index in [0.717, 1.165) is 0 Å². The van der Waals surface area contributed by atoms with Gasteiger partial charge in [0, 0.05) is 17.7 Å². The largest absolute Gasteiger partial charge is 0.506 e.